The Bertz CT molecular complexity index is 316. The van der Waals surface area contributed by atoms with Crippen molar-refractivity contribution in [1.82, 2.24) is 0 Å². The van der Waals surface area contributed by atoms with Crippen LogP contribution in [0, 0.1) is 11.8 Å². The fraction of sp³-hybridized carbons (Fsp3) is 0.950. The topological polar surface area (TPSA) is 35.5 Å². The number of unbranched alkanes of at least 4 members (excludes halogenated alkanes) is 2. The Kier molecular flexibility index (Phi) is 10.6. The van der Waals surface area contributed by atoms with Crippen molar-refractivity contribution in [2.24, 2.45) is 11.8 Å². The minimum Gasteiger partial charge on any atom is -0.459 e. The van der Waals surface area contributed by atoms with Crippen molar-refractivity contribution < 1.29 is 14.3 Å². The van der Waals surface area contributed by atoms with Crippen molar-refractivity contribution in [3.8, 4) is 0 Å². The molecule has 1 rings (SSSR count). The molecule has 4 atom stereocenters. The number of hydrogen-bond acceptors (Lipinski definition) is 3. The van der Waals surface area contributed by atoms with Crippen molar-refractivity contribution in [1.29, 1.82) is 0 Å². The number of carbonyl (C=O) groups excluding carboxylic acids is 1. The van der Waals surface area contributed by atoms with E-state index in [1.807, 2.05) is 6.92 Å². The Morgan fingerprint density at radius 2 is 1.61 bits per heavy atom. The van der Waals surface area contributed by atoms with Crippen LogP contribution in [0.4, 0.5) is 0 Å². The number of ether oxygens (including phenoxy) is 2. The third kappa shape index (κ3) is 8.19. The van der Waals surface area contributed by atoms with E-state index in [0.717, 1.165) is 45.1 Å². The monoisotopic (exact) mass is 326 g/mol. The number of esters is 1. The molecule has 4 unspecified atom stereocenters. The molecule has 0 aromatic rings. The lowest BCUT2D eigenvalue weighted by molar-refractivity contribution is -0.166. The summed E-state index contributed by atoms with van der Waals surface area (Å²) < 4.78 is 12.0. The molecule has 0 saturated heterocycles. The molecule has 3 nitrogen and oxygen atoms in total. The second-order valence-electron chi connectivity index (χ2n) is 7.42. The SMILES string of the molecule is CCCCC(C)COC1CCCCC1OC(=O)C(C)CCCC. The molecule has 0 aliphatic heterocycles. The van der Waals surface area contributed by atoms with Crippen molar-refractivity contribution >= 4 is 5.97 Å². The first kappa shape index (κ1) is 20.5. The quantitative estimate of drug-likeness (QED) is 0.470. The van der Waals surface area contributed by atoms with E-state index in [4.69, 9.17) is 9.47 Å². The van der Waals surface area contributed by atoms with E-state index in [9.17, 15) is 4.79 Å². The molecule has 0 aromatic carbocycles. The van der Waals surface area contributed by atoms with Gasteiger partial charge in [0.15, 0.2) is 0 Å². The largest absolute Gasteiger partial charge is 0.459 e. The Hall–Kier alpha value is -0.570. The van der Waals surface area contributed by atoms with Crippen LogP contribution in [-0.2, 0) is 14.3 Å². The maximum Gasteiger partial charge on any atom is 0.309 e. The first-order valence-corrected chi connectivity index (χ1v) is 9.90. The van der Waals surface area contributed by atoms with E-state index in [1.165, 1.54) is 25.7 Å². The molecule has 0 N–H and O–H groups in total. The van der Waals surface area contributed by atoms with E-state index in [2.05, 4.69) is 20.8 Å². The third-order valence-electron chi connectivity index (χ3n) is 4.95. The molecule has 23 heavy (non-hydrogen) atoms. The van der Waals surface area contributed by atoms with Gasteiger partial charge >= 0.3 is 5.97 Å². The second kappa shape index (κ2) is 11.9. The molecule has 136 valence electrons. The van der Waals surface area contributed by atoms with Gasteiger partial charge in [0.1, 0.15) is 6.10 Å². The van der Waals surface area contributed by atoms with E-state index in [0.29, 0.717) is 5.92 Å². The minimum atomic E-state index is -0.0296. The average molecular weight is 327 g/mol. The number of carbonyl (C=O) groups is 1. The van der Waals surface area contributed by atoms with E-state index >= 15 is 0 Å². The van der Waals surface area contributed by atoms with Gasteiger partial charge in [0, 0.05) is 6.61 Å². The van der Waals surface area contributed by atoms with Crippen molar-refractivity contribution in [2.45, 2.75) is 104 Å². The molecule has 1 fully saturated rings. The zero-order valence-electron chi connectivity index (χ0n) is 15.8. The van der Waals surface area contributed by atoms with Crippen LogP contribution in [0.25, 0.3) is 0 Å². The van der Waals surface area contributed by atoms with Crippen LogP contribution in [0.1, 0.15) is 91.9 Å². The summed E-state index contributed by atoms with van der Waals surface area (Å²) in [6, 6.07) is 0. The van der Waals surface area contributed by atoms with Gasteiger partial charge in [-0.2, -0.15) is 0 Å². The number of hydrogen-bond donors (Lipinski definition) is 0. The molecule has 0 amide bonds. The van der Waals surface area contributed by atoms with Crippen LogP contribution >= 0.6 is 0 Å². The molecule has 0 bridgehead atoms. The maximum atomic E-state index is 12.3. The Balaban J connectivity index is 2.39. The Morgan fingerprint density at radius 1 is 1.00 bits per heavy atom. The van der Waals surface area contributed by atoms with Gasteiger partial charge in [-0.15, -0.1) is 0 Å². The predicted octanol–water partition coefficient (Wildman–Crippen LogP) is 5.51. The van der Waals surface area contributed by atoms with Gasteiger partial charge in [0.2, 0.25) is 0 Å². The van der Waals surface area contributed by atoms with Gasteiger partial charge in [-0.1, -0.05) is 59.8 Å². The molecule has 1 aliphatic rings. The molecule has 3 heteroatoms. The average Bonchev–Trinajstić information content (AvgIpc) is 2.56. The van der Waals surface area contributed by atoms with Gasteiger partial charge in [0.25, 0.3) is 0 Å². The number of rotatable bonds is 11. The molecular formula is C20H38O3. The van der Waals surface area contributed by atoms with Gasteiger partial charge in [0.05, 0.1) is 12.0 Å². The van der Waals surface area contributed by atoms with Crippen LogP contribution < -0.4 is 0 Å². The lowest BCUT2D eigenvalue weighted by Crippen LogP contribution is -2.38. The van der Waals surface area contributed by atoms with Crippen molar-refractivity contribution in [2.75, 3.05) is 6.61 Å². The summed E-state index contributed by atoms with van der Waals surface area (Å²) in [7, 11) is 0. The molecular weight excluding hydrogens is 288 g/mol. The summed E-state index contributed by atoms with van der Waals surface area (Å²) >= 11 is 0. The highest BCUT2D eigenvalue weighted by atomic mass is 16.6. The summed E-state index contributed by atoms with van der Waals surface area (Å²) in [5.74, 6) is 0.579. The van der Waals surface area contributed by atoms with Crippen LogP contribution in [0.2, 0.25) is 0 Å². The zero-order chi connectivity index (χ0) is 17.1. The Labute approximate surface area is 143 Å². The smallest absolute Gasteiger partial charge is 0.309 e. The van der Waals surface area contributed by atoms with Gasteiger partial charge in [-0.3, -0.25) is 4.79 Å². The summed E-state index contributed by atoms with van der Waals surface area (Å²) in [4.78, 5) is 12.3. The standard InChI is InChI=1S/C20H38O3/c1-5-7-11-16(3)15-22-18-13-9-10-14-19(18)23-20(21)17(4)12-8-6-2/h16-19H,5-15H2,1-4H3. The Morgan fingerprint density at radius 3 is 2.26 bits per heavy atom. The lowest BCUT2D eigenvalue weighted by Gasteiger charge is -2.32. The highest BCUT2D eigenvalue weighted by Crippen LogP contribution is 2.26. The van der Waals surface area contributed by atoms with Gasteiger partial charge in [-0.05, 0) is 38.0 Å². The predicted molar refractivity (Wildman–Crippen MR) is 95.5 cm³/mol. The van der Waals surface area contributed by atoms with E-state index < -0.39 is 0 Å². The minimum absolute atomic E-state index is 0.0148. The molecule has 0 radical (unpaired) electrons. The van der Waals surface area contributed by atoms with E-state index in [1.54, 1.807) is 0 Å². The molecule has 0 heterocycles. The van der Waals surface area contributed by atoms with Crippen molar-refractivity contribution in [3.63, 3.8) is 0 Å². The van der Waals surface area contributed by atoms with Gasteiger partial charge < -0.3 is 9.47 Å². The van der Waals surface area contributed by atoms with Crippen LogP contribution in [0.5, 0.6) is 0 Å². The van der Waals surface area contributed by atoms with Crippen molar-refractivity contribution in [3.05, 3.63) is 0 Å². The second-order valence-corrected chi connectivity index (χ2v) is 7.42. The summed E-state index contributed by atoms with van der Waals surface area (Å²) in [5, 5.41) is 0. The zero-order valence-corrected chi connectivity index (χ0v) is 15.8. The first-order valence-electron chi connectivity index (χ1n) is 9.90. The molecule has 0 spiro atoms. The first-order chi connectivity index (χ1) is 11.1. The summed E-state index contributed by atoms with van der Waals surface area (Å²) in [5.41, 5.74) is 0. The van der Waals surface area contributed by atoms with Crippen LogP contribution in [-0.4, -0.2) is 24.8 Å². The molecule has 0 aromatic heterocycles. The molecule has 1 aliphatic carbocycles. The highest BCUT2D eigenvalue weighted by molar-refractivity contribution is 5.72. The highest BCUT2D eigenvalue weighted by Gasteiger charge is 2.30. The normalized spacial score (nSPS) is 24.2. The van der Waals surface area contributed by atoms with Crippen LogP contribution in [0.15, 0.2) is 0 Å². The molecule has 1 saturated carbocycles. The fourth-order valence-electron chi connectivity index (χ4n) is 3.21. The summed E-state index contributed by atoms with van der Waals surface area (Å²) in [6.45, 7) is 9.42. The van der Waals surface area contributed by atoms with E-state index in [-0.39, 0.29) is 24.1 Å². The van der Waals surface area contributed by atoms with Gasteiger partial charge in [-0.25, -0.2) is 0 Å². The lowest BCUT2D eigenvalue weighted by atomic mass is 9.94. The third-order valence-corrected chi connectivity index (χ3v) is 4.95. The fourth-order valence-corrected chi connectivity index (χ4v) is 3.21. The summed E-state index contributed by atoms with van der Waals surface area (Å²) in [6.07, 6.45) is 11.3. The van der Waals surface area contributed by atoms with Crippen LogP contribution in [0.3, 0.4) is 0 Å². The maximum absolute atomic E-state index is 12.3.